The summed E-state index contributed by atoms with van der Waals surface area (Å²) in [5, 5.41) is 3.96. The van der Waals surface area contributed by atoms with Crippen LogP contribution in [0.5, 0.6) is 0 Å². The van der Waals surface area contributed by atoms with E-state index in [-0.39, 0.29) is 29.3 Å². The molecule has 9 nitrogen and oxygen atoms in total. The molecule has 0 N–H and O–H groups in total. The zero-order valence-electron chi connectivity index (χ0n) is 18.7. The minimum absolute atomic E-state index is 0.0747. The Balaban J connectivity index is 1.21. The number of hydrogen-bond acceptors (Lipinski definition) is 6. The minimum atomic E-state index is -0.332. The number of carbonyl (C=O) groups excluding carboxylic acids is 3. The van der Waals surface area contributed by atoms with E-state index >= 15 is 0 Å². The average Bonchev–Trinajstić information content (AvgIpc) is 3.52. The number of aromatic nitrogens is 1. The number of imide groups is 1. The van der Waals surface area contributed by atoms with Crippen molar-refractivity contribution in [2.75, 3.05) is 26.2 Å². The number of furan rings is 1. The lowest BCUT2D eigenvalue weighted by molar-refractivity contribution is -0.128. The van der Waals surface area contributed by atoms with Crippen molar-refractivity contribution in [3.8, 4) is 0 Å². The number of hydrogen-bond donors (Lipinski definition) is 0. The van der Waals surface area contributed by atoms with Crippen LogP contribution in [-0.2, 0) is 11.2 Å². The molecule has 32 heavy (non-hydrogen) atoms. The smallest absolute Gasteiger partial charge is 0.327 e. The van der Waals surface area contributed by atoms with Crippen LogP contribution in [0.3, 0.4) is 0 Å². The molecule has 5 heterocycles. The van der Waals surface area contributed by atoms with Crippen molar-refractivity contribution in [2.45, 2.75) is 52.5 Å². The van der Waals surface area contributed by atoms with Crippen LogP contribution in [0.15, 0.2) is 21.1 Å². The van der Waals surface area contributed by atoms with Gasteiger partial charge in [0.2, 0.25) is 0 Å². The fraction of sp³-hybridized carbons (Fsp3) is 0.565. The minimum Gasteiger partial charge on any atom is -0.456 e. The molecule has 3 aliphatic heterocycles. The Morgan fingerprint density at radius 2 is 1.97 bits per heavy atom. The van der Waals surface area contributed by atoms with E-state index in [1.807, 2.05) is 31.7 Å². The topological polar surface area (TPSA) is 100 Å². The highest BCUT2D eigenvalue weighted by molar-refractivity contribution is 6.04. The predicted molar refractivity (Wildman–Crippen MR) is 113 cm³/mol. The second kappa shape index (κ2) is 7.50. The van der Waals surface area contributed by atoms with Crippen LogP contribution in [0.1, 0.15) is 59.5 Å². The van der Waals surface area contributed by atoms with Gasteiger partial charge in [-0.2, -0.15) is 0 Å². The molecule has 3 aliphatic rings. The Kier molecular flexibility index (Phi) is 4.87. The van der Waals surface area contributed by atoms with Gasteiger partial charge in [0.05, 0.1) is 5.69 Å². The molecule has 9 heteroatoms. The zero-order valence-corrected chi connectivity index (χ0v) is 18.7. The molecule has 1 atom stereocenters. The molecule has 3 saturated heterocycles. The third kappa shape index (κ3) is 3.22. The Morgan fingerprint density at radius 3 is 2.59 bits per heavy atom. The largest absolute Gasteiger partial charge is 0.456 e. The summed E-state index contributed by atoms with van der Waals surface area (Å²) in [6.45, 7) is 7.79. The van der Waals surface area contributed by atoms with Gasteiger partial charge in [-0.1, -0.05) is 5.16 Å². The van der Waals surface area contributed by atoms with E-state index in [4.69, 9.17) is 8.94 Å². The summed E-state index contributed by atoms with van der Waals surface area (Å²) in [4.78, 5) is 43.0. The first kappa shape index (κ1) is 20.8. The molecule has 1 spiro atoms. The summed E-state index contributed by atoms with van der Waals surface area (Å²) in [7, 11) is 0. The van der Waals surface area contributed by atoms with Gasteiger partial charge in [-0.3, -0.25) is 14.5 Å². The Hall–Kier alpha value is -3.10. The van der Waals surface area contributed by atoms with Gasteiger partial charge in [-0.15, -0.1) is 0 Å². The lowest BCUT2D eigenvalue weighted by atomic mass is 9.76. The van der Waals surface area contributed by atoms with E-state index in [2.05, 4.69) is 5.16 Å². The number of amides is 4. The Bertz CT molecular complexity index is 1030. The van der Waals surface area contributed by atoms with Gasteiger partial charge in [0.25, 0.3) is 11.8 Å². The number of fused-ring (bicyclic) bond motifs is 1. The van der Waals surface area contributed by atoms with Gasteiger partial charge in [0.15, 0.2) is 5.76 Å². The number of nitrogens with zero attached hydrogens (tertiary/aromatic N) is 4. The number of aryl methyl sites for hydroxylation is 2. The highest BCUT2D eigenvalue weighted by atomic mass is 16.5. The fourth-order valence-corrected chi connectivity index (χ4v) is 5.42. The first-order chi connectivity index (χ1) is 15.3. The molecule has 2 aromatic heterocycles. The zero-order chi connectivity index (χ0) is 22.6. The maximum atomic E-state index is 13.0. The van der Waals surface area contributed by atoms with E-state index in [0.29, 0.717) is 50.5 Å². The summed E-state index contributed by atoms with van der Waals surface area (Å²) in [5.74, 6) is 1.59. The van der Waals surface area contributed by atoms with E-state index in [9.17, 15) is 14.4 Å². The van der Waals surface area contributed by atoms with Gasteiger partial charge in [-0.05, 0) is 57.6 Å². The molecule has 0 aromatic carbocycles. The number of carbonyl (C=O) groups is 3. The summed E-state index contributed by atoms with van der Waals surface area (Å²) >= 11 is 0. The first-order valence-electron chi connectivity index (χ1n) is 11.2. The van der Waals surface area contributed by atoms with Crippen LogP contribution >= 0.6 is 0 Å². The second-order valence-corrected chi connectivity index (χ2v) is 9.25. The van der Waals surface area contributed by atoms with Gasteiger partial charge in [0, 0.05) is 38.2 Å². The molecule has 0 saturated carbocycles. The summed E-state index contributed by atoms with van der Waals surface area (Å²) < 4.78 is 11.0. The highest BCUT2D eigenvalue weighted by Gasteiger charge is 2.56. The SMILES string of the molecule is CCN1C(=O)C2CC3(CCN(C(=O)c4ccc(Cc5c(C)noc5C)o4)CC3)CN2C1=O. The van der Waals surface area contributed by atoms with Gasteiger partial charge in [0.1, 0.15) is 17.6 Å². The first-order valence-corrected chi connectivity index (χ1v) is 11.2. The van der Waals surface area contributed by atoms with Gasteiger partial charge >= 0.3 is 6.03 Å². The molecule has 2 aromatic rings. The van der Waals surface area contributed by atoms with E-state index in [1.165, 1.54) is 4.90 Å². The van der Waals surface area contributed by atoms with Crippen molar-refractivity contribution in [1.82, 2.24) is 19.9 Å². The Morgan fingerprint density at radius 1 is 1.22 bits per heavy atom. The van der Waals surface area contributed by atoms with E-state index in [1.54, 1.807) is 11.0 Å². The molecule has 4 amide bonds. The second-order valence-electron chi connectivity index (χ2n) is 9.25. The third-order valence-corrected chi connectivity index (χ3v) is 7.37. The van der Waals surface area contributed by atoms with Crippen molar-refractivity contribution < 1.29 is 23.3 Å². The summed E-state index contributed by atoms with van der Waals surface area (Å²) in [6, 6.07) is 3.05. The van der Waals surface area contributed by atoms with Gasteiger partial charge < -0.3 is 18.7 Å². The molecular formula is C23H28N4O5. The van der Waals surface area contributed by atoms with E-state index < -0.39 is 0 Å². The van der Waals surface area contributed by atoms with Crippen molar-refractivity contribution in [1.29, 1.82) is 0 Å². The quantitative estimate of drug-likeness (QED) is 0.678. The molecular weight excluding hydrogens is 412 g/mol. The van der Waals surface area contributed by atoms with Crippen LogP contribution in [0.4, 0.5) is 4.79 Å². The molecule has 0 bridgehead atoms. The lowest BCUT2D eigenvalue weighted by Gasteiger charge is -2.39. The van der Waals surface area contributed by atoms with Crippen LogP contribution < -0.4 is 0 Å². The van der Waals surface area contributed by atoms with Crippen LogP contribution in [0.25, 0.3) is 0 Å². The monoisotopic (exact) mass is 440 g/mol. The third-order valence-electron chi connectivity index (χ3n) is 7.37. The normalized spacial score (nSPS) is 22.3. The highest BCUT2D eigenvalue weighted by Crippen LogP contribution is 2.46. The maximum Gasteiger partial charge on any atom is 0.327 e. The molecule has 170 valence electrons. The van der Waals surface area contributed by atoms with Crippen molar-refractivity contribution in [3.63, 3.8) is 0 Å². The van der Waals surface area contributed by atoms with E-state index in [0.717, 1.165) is 29.9 Å². The number of piperidine rings is 1. The number of likely N-dealkylation sites (N-methyl/N-ethyl adjacent to an activating group) is 1. The molecule has 1 unspecified atom stereocenters. The standard InChI is InChI=1S/C23H28N4O5/c1-4-26-20(28)18-12-23(13-27(18)22(26)30)7-9-25(10-8-23)21(29)19-6-5-16(31-19)11-17-14(2)24-32-15(17)3/h5-6,18H,4,7-13H2,1-3H3. The van der Waals surface area contributed by atoms with Crippen LogP contribution in [0.2, 0.25) is 0 Å². The maximum absolute atomic E-state index is 13.0. The van der Waals surface area contributed by atoms with Crippen LogP contribution in [0, 0.1) is 19.3 Å². The molecule has 3 fully saturated rings. The summed E-state index contributed by atoms with van der Waals surface area (Å²) in [5.41, 5.74) is 1.72. The summed E-state index contributed by atoms with van der Waals surface area (Å²) in [6.07, 6.45) is 2.79. The van der Waals surface area contributed by atoms with Gasteiger partial charge in [-0.25, -0.2) is 4.79 Å². The molecule has 5 rings (SSSR count). The number of urea groups is 1. The van der Waals surface area contributed by atoms with Crippen molar-refractivity contribution >= 4 is 17.8 Å². The number of likely N-dealkylation sites (tertiary alicyclic amines) is 1. The molecule has 0 radical (unpaired) electrons. The molecule has 0 aliphatic carbocycles. The van der Waals surface area contributed by atoms with Crippen LogP contribution in [-0.4, -0.2) is 69.9 Å². The predicted octanol–water partition coefficient (Wildman–Crippen LogP) is 2.75. The van der Waals surface area contributed by atoms with Crippen molar-refractivity contribution in [2.24, 2.45) is 5.41 Å². The average molecular weight is 441 g/mol. The Labute approximate surface area is 186 Å². The number of rotatable bonds is 4. The van der Waals surface area contributed by atoms with Crippen molar-refractivity contribution in [3.05, 3.63) is 40.7 Å². The fourth-order valence-electron chi connectivity index (χ4n) is 5.42. The lowest BCUT2D eigenvalue weighted by Crippen LogP contribution is -2.45.